The topological polar surface area (TPSA) is 154 Å². The number of aromatic nitrogens is 6. The number of fused-ring (bicyclic) bond motifs is 1. The van der Waals surface area contributed by atoms with Crippen LogP contribution in [0.4, 0.5) is 5.82 Å². The summed E-state index contributed by atoms with van der Waals surface area (Å²) in [6, 6.07) is 9.65. The fraction of sp³-hybridized carbons (Fsp3) is 0.346. The Balaban J connectivity index is 0.000000201. The van der Waals surface area contributed by atoms with Crippen LogP contribution in [0.3, 0.4) is 0 Å². The van der Waals surface area contributed by atoms with Crippen LogP contribution in [0.2, 0.25) is 0 Å². The minimum atomic E-state index is 0.00549. The highest BCUT2D eigenvalue weighted by Crippen LogP contribution is 2.14. The van der Waals surface area contributed by atoms with Gasteiger partial charge in [0.15, 0.2) is 11.5 Å². The summed E-state index contributed by atoms with van der Waals surface area (Å²) in [6.07, 6.45) is 12.2. The second-order valence-electron chi connectivity index (χ2n) is 8.01. The molecule has 38 heavy (non-hydrogen) atoms. The molecular weight excluding hydrogens is 502 g/mol. The van der Waals surface area contributed by atoms with E-state index in [1.54, 1.807) is 30.5 Å². The van der Waals surface area contributed by atoms with Crippen molar-refractivity contribution in [2.75, 3.05) is 30.8 Å². The second kappa shape index (κ2) is 17.4. The summed E-state index contributed by atoms with van der Waals surface area (Å²) in [5, 5.41) is 5.44. The Kier molecular flexibility index (Phi) is 13.8. The van der Waals surface area contributed by atoms with Crippen LogP contribution in [-0.2, 0) is 29.0 Å². The van der Waals surface area contributed by atoms with Gasteiger partial charge in [-0.2, -0.15) is 11.8 Å². The van der Waals surface area contributed by atoms with E-state index in [9.17, 15) is 9.59 Å². The van der Waals surface area contributed by atoms with Crippen LogP contribution in [0.15, 0.2) is 61.6 Å². The Morgan fingerprint density at radius 1 is 0.947 bits per heavy atom. The zero-order valence-corrected chi connectivity index (χ0v) is 22.8. The van der Waals surface area contributed by atoms with Gasteiger partial charge >= 0.3 is 0 Å². The fourth-order valence-electron chi connectivity index (χ4n) is 3.09. The van der Waals surface area contributed by atoms with E-state index in [2.05, 4.69) is 41.8 Å². The van der Waals surface area contributed by atoms with Crippen molar-refractivity contribution in [1.29, 1.82) is 0 Å². The average molecular weight is 538 g/mol. The zero-order chi connectivity index (χ0) is 27.6. The monoisotopic (exact) mass is 537 g/mol. The number of nitrogens with two attached hydrogens (primary N) is 1. The van der Waals surface area contributed by atoms with Gasteiger partial charge in [0.25, 0.3) is 0 Å². The molecule has 0 fully saturated rings. The van der Waals surface area contributed by atoms with Crippen molar-refractivity contribution in [3.05, 3.63) is 72.8 Å². The predicted molar refractivity (Wildman–Crippen MR) is 151 cm³/mol. The smallest absolute Gasteiger partial charge is 0.216 e. The van der Waals surface area contributed by atoms with E-state index in [-0.39, 0.29) is 11.8 Å². The second-order valence-corrected chi connectivity index (χ2v) is 9.00. The van der Waals surface area contributed by atoms with Gasteiger partial charge in [0.1, 0.15) is 11.8 Å². The zero-order valence-electron chi connectivity index (χ0n) is 22.0. The largest absolute Gasteiger partial charge is 0.382 e. The van der Waals surface area contributed by atoms with Crippen molar-refractivity contribution in [3.8, 4) is 0 Å². The number of amides is 2. The number of pyridine rings is 2. The molecule has 0 radical (unpaired) electrons. The van der Waals surface area contributed by atoms with Gasteiger partial charge in [0.2, 0.25) is 11.8 Å². The van der Waals surface area contributed by atoms with E-state index in [0.717, 1.165) is 42.0 Å². The van der Waals surface area contributed by atoms with E-state index in [1.807, 2.05) is 41.1 Å². The molecule has 0 aliphatic carbocycles. The third-order valence-corrected chi connectivity index (χ3v) is 5.55. The lowest BCUT2D eigenvalue weighted by Crippen LogP contribution is -2.22. The first-order valence-corrected chi connectivity index (χ1v) is 13.5. The number of nitrogens with zero attached hydrogens (tertiary/aromatic N) is 6. The lowest BCUT2D eigenvalue weighted by atomic mass is 10.2. The number of carbonyl (C=O) groups is 2. The number of hydrogen-bond donors (Lipinski definition) is 3. The summed E-state index contributed by atoms with van der Waals surface area (Å²) in [5.41, 5.74) is 9.32. The highest BCUT2D eigenvalue weighted by atomic mass is 32.2. The molecule has 4 rings (SSSR count). The van der Waals surface area contributed by atoms with Crippen LogP contribution >= 0.6 is 11.8 Å². The van der Waals surface area contributed by atoms with Gasteiger partial charge in [-0.25, -0.2) is 15.0 Å². The minimum absolute atomic E-state index is 0.00549. The van der Waals surface area contributed by atoms with E-state index in [4.69, 9.17) is 5.73 Å². The molecule has 0 saturated carbocycles. The molecule has 202 valence electrons. The molecule has 0 spiro atoms. The number of imidazole rings is 1. The molecule has 0 unspecified atom stereocenters. The van der Waals surface area contributed by atoms with Crippen molar-refractivity contribution in [2.24, 2.45) is 0 Å². The van der Waals surface area contributed by atoms with Gasteiger partial charge in [-0.15, -0.1) is 0 Å². The number of thioether (sulfide) groups is 1. The third-order valence-electron chi connectivity index (χ3n) is 4.96. The molecule has 0 aliphatic heterocycles. The van der Waals surface area contributed by atoms with E-state index in [1.165, 1.54) is 20.2 Å². The van der Waals surface area contributed by atoms with Crippen molar-refractivity contribution < 1.29 is 9.59 Å². The van der Waals surface area contributed by atoms with Gasteiger partial charge in [0.05, 0.1) is 6.33 Å². The molecule has 0 aliphatic rings. The molecule has 2 amide bonds. The standard InChI is InChI=1S/2C9H12N2O.C8H11N5S/c1-8(12)11-6-4-9-3-2-5-10-7-9;1-8(12)10-7-5-9-4-2-3-6-11-9;1-14-3-2-13-5-12-6-7(9)10-4-11-8(6)13/h2-3,5,7H,4,6H2,1H3,(H,11,12);2-4,6H,5,7H2,1H3,(H,10,12);4-5H,2-3H2,1H3,(H2,9,10,11). The van der Waals surface area contributed by atoms with Gasteiger partial charge in [0, 0.05) is 69.9 Å². The first-order valence-electron chi connectivity index (χ1n) is 12.1. The SMILES string of the molecule is CC(=O)NCCc1ccccn1.CC(=O)NCCc1cccnc1.CSCCn1cnc2c(N)ncnc21. The maximum Gasteiger partial charge on any atom is 0.216 e. The molecule has 12 heteroatoms. The van der Waals surface area contributed by atoms with Gasteiger partial charge in [-0.05, 0) is 36.4 Å². The first kappa shape index (κ1) is 30.2. The molecule has 4 heterocycles. The molecule has 4 aromatic rings. The molecule has 0 atom stereocenters. The molecule has 4 aromatic heterocycles. The Labute approximate surface area is 227 Å². The van der Waals surface area contributed by atoms with Crippen LogP contribution in [0.25, 0.3) is 11.2 Å². The van der Waals surface area contributed by atoms with Crippen LogP contribution in [0, 0.1) is 0 Å². The lowest BCUT2D eigenvalue weighted by molar-refractivity contribution is -0.119. The Morgan fingerprint density at radius 3 is 2.34 bits per heavy atom. The van der Waals surface area contributed by atoms with Crippen LogP contribution in [-0.4, -0.2) is 66.4 Å². The third kappa shape index (κ3) is 11.8. The minimum Gasteiger partial charge on any atom is -0.382 e. The van der Waals surface area contributed by atoms with Gasteiger partial charge in [-0.3, -0.25) is 19.6 Å². The molecule has 0 saturated heterocycles. The summed E-state index contributed by atoms with van der Waals surface area (Å²) in [6.45, 7) is 5.27. The number of rotatable bonds is 9. The summed E-state index contributed by atoms with van der Waals surface area (Å²) >= 11 is 1.79. The quantitative estimate of drug-likeness (QED) is 0.292. The predicted octanol–water partition coefficient (Wildman–Crippen LogP) is 2.29. The van der Waals surface area contributed by atoms with Crippen LogP contribution < -0.4 is 16.4 Å². The van der Waals surface area contributed by atoms with Gasteiger partial charge in [-0.1, -0.05) is 12.1 Å². The Bertz CT molecular complexity index is 1180. The molecule has 0 bridgehead atoms. The van der Waals surface area contributed by atoms with Crippen molar-refractivity contribution in [2.45, 2.75) is 33.2 Å². The fourth-order valence-corrected chi connectivity index (χ4v) is 3.47. The normalized spacial score (nSPS) is 9.97. The van der Waals surface area contributed by atoms with Crippen LogP contribution in [0.5, 0.6) is 0 Å². The number of anilines is 1. The van der Waals surface area contributed by atoms with Crippen molar-refractivity contribution >= 4 is 40.6 Å². The van der Waals surface area contributed by atoms with Crippen molar-refractivity contribution in [3.63, 3.8) is 0 Å². The molecule has 4 N–H and O–H groups in total. The maximum atomic E-state index is 10.5. The lowest BCUT2D eigenvalue weighted by Gasteiger charge is -2.00. The average Bonchev–Trinajstić information content (AvgIpc) is 3.33. The van der Waals surface area contributed by atoms with Crippen molar-refractivity contribution in [1.82, 2.24) is 40.1 Å². The number of aryl methyl sites for hydroxylation is 1. The summed E-state index contributed by atoms with van der Waals surface area (Å²) in [4.78, 5) is 41.3. The van der Waals surface area contributed by atoms with E-state index < -0.39 is 0 Å². The van der Waals surface area contributed by atoms with E-state index in [0.29, 0.717) is 24.4 Å². The summed E-state index contributed by atoms with van der Waals surface area (Å²) < 4.78 is 1.99. The number of nitrogens with one attached hydrogen (secondary N) is 2. The number of nitrogen functional groups attached to an aromatic ring is 1. The molecule has 11 nitrogen and oxygen atoms in total. The molecule has 0 aromatic carbocycles. The summed E-state index contributed by atoms with van der Waals surface area (Å²) in [7, 11) is 0. The molecular formula is C26H35N9O2S. The Hall–Kier alpha value is -4.06. The highest BCUT2D eigenvalue weighted by Gasteiger charge is 2.06. The first-order chi connectivity index (χ1) is 18.4. The maximum absolute atomic E-state index is 10.5. The van der Waals surface area contributed by atoms with Gasteiger partial charge < -0.3 is 20.9 Å². The Morgan fingerprint density at radius 2 is 1.71 bits per heavy atom. The summed E-state index contributed by atoms with van der Waals surface area (Å²) in [5.74, 6) is 1.50. The highest BCUT2D eigenvalue weighted by molar-refractivity contribution is 7.98. The number of carbonyl (C=O) groups excluding carboxylic acids is 2. The van der Waals surface area contributed by atoms with E-state index >= 15 is 0 Å². The van der Waals surface area contributed by atoms with Crippen LogP contribution in [0.1, 0.15) is 25.1 Å². The number of hydrogen-bond acceptors (Lipinski definition) is 9.